The highest BCUT2D eigenvalue weighted by Crippen LogP contribution is 2.21. The molecule has 1 heterocycles. The Bertz CT molecular complexity index is 657. The molecule has 3 rings (SSSR count). The van der Waals surface area contributed by atoms with E-state index in [1.807, 2.05) is 0 Å². The highest BCUT2D eigenvalue weighted by atomic mass is 32.2. The van der Waals surface area contributed by atoms with Gasteiger partial charge in [0, 0.05) is 6.04 Å². The summed E-state index contributed by atoms with van der Waals surface area (Å²) in [5, 5.41) is 0. The quantitative estimate of drug-likeness (QED) is 0.888. The van der Waals surface area contributed by atoms with Crippen molar-refractivity contribution in [3.63, 3.8) is 0 Å². The van der Waals surface area contributed by atoms with Crippen molar-refractivity contribution in [2.75, 3.05) is 0 Å². The molecule has 0 spiro atoms. The predicted molar refractivity (Wildman–Crippen MR) is 68.7 cm³/mol. The van der Waals surface area contributed by atoms with Crippen LogP contribution in [-0.4, -0.2) is 24.4 Å². The van der Waals surface area contributed by atoms with Crippen molar-refractivity contribution in [2.24, 2.45) is 0 Å². The summed E-state index contributed by atoms with van der Waals surface area (Å²) < 4.78 is 27.2. The standard InChI is InChI=1S/C12H15N3O2S/c16-18(17,15-9-3-1-2-4-9)10-5-6-11-12(7-10)14-8-13-11/h5-9,15H,1-4H2,(H,13,14). The number of imidazole rings is 1. The lowest BCUT2D eigenvalue weighted by molar-refractivity contribution is 0.552. The molecular formula is C12H15N3O2S. The van der Waals surface area contributed by atoms with Crippen molar-refractivity contribution in [1.82, 2.24) is 14.7 Å². The van der Waals surface area contributed by atoms with E-state index in [1.54, 1.807) is 24.5 Å². The van der Waals surface area contributed by atoms with Crippen LogP contribution in [-0.2, 0) is 10.0 Å². The van der Waals surface area contributed by atoms with Crippen LogP contribution in [0.5, 0.6) is 0 Å². The van der Waals surface area contributed by atoms with Crippen LogP contribution in [0.1, 0.15) is 25.7 Å². The van der Waals surface area contributed by atoms with Crippen molar-refractivity contribution < 1.29 is 8.42 Å². The van der Waals surface area contributed by atoms with Crippen LogP contribution in [0.25, 0.3) is 11.0 Å². The molecule has 1 fully saturated rings. The van der Waals surface area contributed by atoms with E-state index < -0.39 is 10.0 Å². The molecule has 0 bridgehead atoms. The summed E-state index contributed by atoms with van der Waals surface area (Å²) in [5.74, 6) is 0. The first-order valence-electron chi connectivity index (χ1n) is 6.11. The van der Waals surface area contributed by atoms with E-state index in [0.29, 0.717) is 4.90 Å². The number of hydrogen-bond acceptors (Lipinski definition) is 3. The smallest absolute Gasteiger partial charge is 0.240 e. The minimum Gasteiger partial charge on any atom is -0.345 e. The number of nitrogens with zero attached hydrogens (tertiary/aromatic N) is 1. The van der Waals surface area contributed by atoms with Crippen LogP contribution in [0.4, 0.5) is 0 Å². The molecule has 5 nitrogen and oxygen atoms in total. The zero-order valence-corrected chi connectivity index (χ0v) is 10.7. The van der Waals surface area contributed by atoms with Crippen molar-refractivity contribution >= 4 is 21.1 Å². The lowest BCUT2D eigenvalue weighted by atomic mass is 10.3. The molecular weight excluding hydrogens is 250 g/mol. The maximum Gasteiger partial charge on any atom is 0.240 e. The summed E-state index contributed by atoms with van der Waals surface area (Å²) in [6, 6.07) is 5.03. The normalized spacial score (nSPS) is 17.6. The molecule has 1 saturated carbocycles. The lowest BCUT2D eigenvalue weighted by Gasteiger charge is -2.12. The van der Waals surface area contributed by atoms with E-state index in [1.165, 1.54) is 0 Å². The van der Waals surface area contributed by atoms with Gasteiger partial charge in [0.2, 0.25) is 10.0 Å². The van der Waals surface area contributed by atoms with E-state index in [2.05, 4.69) is 14.7 Å². The molecule has 0 amide bonds. The van der Waals surface area contributed by atoms with Crippen LogP contribution in [0, 0.1) is 0 Å². The first-order valence-corrected chi connectivity index (χ1v) is 7.59. The van der Waals surface area contributed by atoms with Gasteiger partial charge in [-0.05, 0) is 31.0 Å². The molecule has 6 heteroatoms. The monoisotopic (exact) mass is 265 g/mol. The number of hydrogen-bond donors (Lipinski definition) is 2. The second kappa shape index (κ2) is 4.37. The molecule has 0 aliphatic heterocycles. The number of benzene rings is 1. The van der Waals surface area contributed by atoms with Gasteiger partial charge >= 0.3 is 0 Å². The number of aromatic nitrogens is 2. The number of fused-ring (bicyclic) bond motifs is 1. The third-order valence-electron chi connectivity index (χ3n) is 3.38. The summed E-state index contributed by atoms with van der Waals surface area (Å²) in [7, 11) is -3.41. The Kier molecular flexibility index (Phi) is 2.83. The Labute approximate surface area is 106 Å². The van der Waals surface area contributed by atoms with Crippen molar-refractivity contribution in [3.05, 3.63) is 24.5 Å². The molecule has 1 aromatic heterocycles. The van der Waals surface area contributed by atoms with Crippen molar-refractivity contribution in [3.8, 4) is 0 Å². The van der Waals surface area contributed by atoms with Gasteiger partial charge in [0.1, 0.15) is 0 Å². The van der Waals surface area contributed by atoms with Gasteiger partial charge in [-0.3, -0.25) is 0 Å². The average molecular weight is 265 g/mol. The number of aromatic amines is 1. The third-order valence-corrected chi connectivity index (χ3v) is 4.90. The first kappa shape index (κ1) is 11.7. The van der Waals surface area contributed by atoms with Crippen molar-refractivity contribution in [1.29, 1.82) is 0 Å². The fourth-order valence-electron chi connectivity index (χ4n) is 2.41. The number of rotatable bonds is 3. The zero-order valence-electron chi connectivity index (χ0n) is 9.89. The summed E-state index contributed by atoms with van der Waals surface area (Å²) in [4.78, 5) is 7.29. The Morgan fingerprint density at radius 2 is 2.06 bits per heavy atom. The Balaban J connectivity index is 1.91. The van der Waals surface area contributed by atoms with E-state index in [0.717, 1.165) is 36.7 Å². The molecule has 1 aliphatic rings. The molecule has 1 aromatic carbocycles. The molecule has 1 aliphatic carbocycles. The molecule has 0 saturated heterocycles. The van der Waals surface area contributed by atoms with Crippen molar-refractivity contribution in [2.45, 2.75) is 36.6 Å². The van der Waals surface area contributed by atoms with Gasteiger partial charge in [-0.25, -0.2) is 18.1 Å². The summed E-state index contributed by atoms with van der Waals surface area (Å²) in [6.45, 7) is 0. The van der Waals surface area contributed by atoms with E-state index in [4.69, 9.17) is 0 Å². The zero-order chi connectivity index (χ0) is 12.6. The van der Waals surface area contributed by atoms with Gasteiger partial charge in [-0.2, -0.15) is 0 Å². The Morgan fingerprint density at radius 3 is 2.83 bits per heavy atom. The maximum absolute atomic E-state index is 12.2. The predicted octanol–water partition coefficient (Wildman–Crippen LogP) is 1.78. The summed E-state index contributed by atoms with van der Waals surface area (Å²) in [5.41, 5.74) is 1.51. The number of H-pyrrole nitrogens is 1. The molecule has 2 aromatic rings. The SMILES string of the molecule is O=S(=O)(NC1CCCC1)c1ccc2nc[nH]c2c1. The molecule has 18 heavy (non-hydrogen) atoms. The second-order valence-electron chi connectivity index (χ2n) is 4.68. The van der Waals surface area contributed by atoms with Gasteiger partial charge in [0.05, 0.1) is 22.3 Å². The third kappa shape index (κ3) is 2.13. The molecule has 0 radical (unpaired) electrons. The molecule has 0 atom stereocenters. The van der Waals surface area contributed by atoms with Gasteiger partial charge in [0.15, 0.2) is 0 Å². The fraction of sp³-hybridized carbons (Fsp3) is 0.417. The van der Waals surface area contributed by atoms with Crippen LogP contribution in [0.15, 0.2) is 29.4 Å². The minimum absolute atomic E-state index is 0.0902. The minimum atomic E-state index is -3.41. The van der Waals surface area contributed by atoms with E-state index in [9.17, 15) is 8.42 Å². The first-order chi connectivity index (χ1) is 8.65. The Morgan fingerprint density at radius 1 is 1.28 bits per heavy atom. The highest BCUT2D eigenvalue weighted by Gasteiger charge is 2.23. The topological polar surface area (TPSA) is 74.8 Å². The molecule has 2 N–H and O–H groups in total. The van der Waals surface area contributed by atoms with E-state index in [-0.39, 0.29) is 6.04 Å². The summed E-state index contributed by atoms with van der Waals surface area (Å²) in [6.07, 6.45) is 5.64. The molecule has 96 valence electrons. The summed E-state index contributed by atoms with van der Waals surface area (Å²) >= 11 is 0. The lowest BCUT2D eigenvalue weighted by Crippen LogP contribution is -2.32. The number of nitrogens with one attached hydrogen (secondary N) is 2. The number of sulfonamides is 1. The van der Waals surface area contributed by atoms with Crippen LogP contribution in [0.2, 0.25) is 0 Å². The van der Waals surface area contributed by atoms with Gasteiger partial charge < -0.3 is 4.98 Å². The Hall–Kier alpha value is -1.40. The maximum atomic E-state index is 12.2. The van der Waals surface area contributed by atoms with Gasteiger partial charge in [-0.15, -0.1) is 0 Å². The average Bonchev–Trinajstić information content (AvgIpc) is 2.97. The van der Waals surface area contributed by atoms with E-state index >= 15 is 0 Å². The van der Waals surface area contributed by atoms with Gasteiger partial charge in [0.25, 0.3) is 0 Å². The van der Waals surface area contributed by atoms with Gasteiger partial charge in [-0.1, -0.05) is 12.8 Å². The van der Waals surface area contributed by atoms with Crippen LogP contribution >= 0.6 is 0 Å². The van der Waals surface area contributed by atoms with Crippen LogP contribution in [0.3, 0.4) is 0 Å². The highest BCUT2D eigenvalue weighted by molar-refractivity contribution is 7.89. The van der Waals surface area contributed by atoms with Crippen LogP contribution < -0.4 is 4.72 Å². The largest absolute Gasteiger partial charge is 0.345 e. The fourth-order valence-corrected chi connectivity index (χ4v) is 3.74. The second-order valence-corrected chi connectivity index (χ2v) is 6.40. The molecule has 0 unspecified atom stereocenters.